The topological polar surface area (TPSA) is 119 Å². The summed E-state index contributed by atoms with van der Waals surface area (Å²) in [7, 11) is 0. The molecule has 1 aliphatic carbocycles. The van der Waals surface area contributed by atoms with E-state index in [2.05, 4.69) is 20.6 Å². The van der Waals surface area contributed by atoms with E-state index in [1.54, 1.807) is 30.3 Å². The summed E-state index contributed by atoms with van der Waals surface area (Å²) in [4.78, 5) is 32.1. The molecule has 11 heteroatoms. The lowest BCUT2D eigenvalue weighted by Crippen LogP contribution is -2.29. The SMILES string of the molecule is Cc1ccc(NC(=O)Nc2ccc(Oc3cc(C4(C(N)=O)CC4)ncn3)cc2)cc1C(F)(F)F. The predicted molar refractivity (Wildman–Crippen MR) is 117 cm³/mol. The lowest BCUT2D eigenvalue weighted by molar-refractivity contribution is -0.138. The van der Waals surface area contributed by atoms with E-state index in [0.717, 1.165) is 6.07 Å². The number of rotatable bonds is 6. The van der Waals surface area contributed by atoms with Gasteiger partial charge in [-0.3, -0.25) is 4.79 Å². The third-order valence-corrected chi connectivity index (χ3v) is 5.49. The molecule has 0 spiro atoms. The van der Waals surface area contributed by atoms with Crippen LogP contribution in [-0.4, -0.2) is 21.9 Å². The van der Waals surface area contributed by atoms with E-state index in [1.165, 1.54) is 25.4 Å². The van der Waals surface area contributed by atoms with Gasteiger partial charge in [-0.1, -0.05) is 6.07 Å². The van der Waals surface area contributed by atoms with Gasteiger partial charge in [-0.2, -0.15) is 13.2 Å². The number of amides is 3. The number of nitrogens with zero attached hydrogens (tertiary/aromatic N) is 2. The molecule has 1 saturated carbocycles. The van der Waals surface area contributed by atoms with Crippen molar-refractivity contribution in [2.24, 2.45) is 5.73 Å². The maximum Gasteiger partial charge on any atom is 0.416 e. The number of aromatic nitrogens is 2. The molecule has 0 bridgehead atoms. The maximum absolute atomic E-state index is 13.1. The van der Waals surface area contributed by atoms with Gasteiger partial charge in [0.25, 0.3) is 0 Å². The van der Waals surface area contributed by atoms with Crippen molar-refractivity contribution < 1.29 is 27.5 Å². The fraction of sp³-hybridized carbons (Fsp3) is 0.217. The van der Waals surface area contributed by atoms with E-state index in [4.69, 9.17) is 10.5 Å². The van der Waals surface area contributed by atoms with E-state index in [1.807, 2.05) is 0 Å². The molecule has 0 radical (unpaired) electrons. The molecule has 2 aromatic carbocycles. The zero-order valence-corrected chi connectivity index (χ0v) is 17.9. The van der Waals surface area contributed by atoms with Gasteiger partial charge in [0.05, 0.1) is 16.7 Å². The molecule has 1 aromatic heterocycles. The van der Waals surface area contributed by atoms with Crippen LogP contribution in [0.5, 0.6) is 11.6 Å². The van der Waals surface area contributed by atoms with Crippen molar-refractivity contribution in [3.63, 3.8) is 0 Å². The minimum absolute atomic E-state index is 0.0133. The molecule has 1 heterocycles. The minimum Gasteiger partial charge on any atom is -0.439 e. The van der Waals surface area contributed by atoms with Crippen molar-refractivity contribution in [2.75, 3.05) is 10.6 Å². The summed E-state index contributed by atoms with van der Waals surface area (Å²) in [5.41, 5.74) is 4.87. The Labute approximate surface area is 192 Å². The number of halogens is 3. The summed E-state index contributed by atoms with van der Waals surface area (Å²) < 4.78 is 44.9. The molecule has 8 nitrogen and oxygen atoms in total. The molecular weight excluding hydrogens is 451 g/mol. The van der Waals surface area contributed by atoms with E-state index in [-0.39, 0.29) is 17.1 Å². The van der Waals surface area contributed by atoms with Crippen LogP contribution in [0.3, 0.4) is 0 Å². The van der Waals surface area contributed by atoms with Gasteiger partial charge in [-0.05, 0) is 61.7 Å². The summed E-state index contributed by atoms with van der Waals surface area (Å²) >= 11 is 0. The molecule has 0 saturated heterocycles. The van der Waals surface area contributed by atoms with Crippen LogP contribution in [0.15, 0.2) is 54.9 Å². The fourth-order valence-corrected chi connectivity index (χ4v) is 3.44. The zero-order valence-electron chi connectivity index (χ0n) is 17.9. The predicted octanol–water partition coefficient (Wildman–Crippen LogP) is 4.76. The highest BCUT2D eigenvalue weighted by molar-refractivity contribution is 5.99. The minimum atomic E-state index is -4.52. The second-order valence-corrected chi connectivity index (χ2v) is 7.92. The van der Waals surface area contributed by atoms with Gasteiger partial charge in [-0.15, -0.1) is 0 Å². The van der Waals surface area contributed by atoms with Gasteiger partial charge in [0.1, 0.15) is 12.1 Å². The summed E-state index contributed by atoms with van der Waals surface area (Å²) in [5.74, 6) is 0.204. The van der Waals surface area contributed by atoms with Gasteiger partial charge < -0.3 is 21.1 Å². The number of carbonyl (C=O) groups is 2. The van der Waals surface area contributed by atoms with Gasteiger partial charge in [0, 0.05) is 17.4 Å². The maximum atomic E-state index is 13.1. The van der Waals surface area contributed by atoms with Crippen molar-refractivity contribution in [1.82, 2.24) is 9.97 Å². The van der Waals surface area contributed by atoms with Gasteiger partial charge in [0.15, 0.2) is 0 Å². The lowest BCUT2D eigenvalue weighted by Gasteiger charge is -2.13. The molecule has 1 fully saturated rings. The number of nitrogens with two attached hydrogens (primary N) is 1. The number of primary amides is 1. The molecule has 1 aliphatic rings. The Hall–Kier alpha value is -4.15. The number of anilines is 2. The highest BCUT2D eigenvalue weighted by atomic mass is 19.4. The number of nitrogens with one attached hydrogen (secondary N) is 2. The van der Waals surface area contributed by atoms with Crippen molar-refractivity contribution in [2.45, 2.75) is 31.4 Å². The molecule has 0 unspecified atom stereocenters. The van der Waals surface area contributed by atoms with Crippen LogP contribution in [0.4, 0.5) is 29.3 Å². The quantitative estimate of drug-likeness (QED) is 0.479. The summed E-state index contributed by atoms with van der Waals surface area (Å²) in [6, 6.07) is 10.7. The van der Waals surface area contributed by atoms with Crippen molar-refractivity contribution >= 4 is 23.3 Å². The summed E-state index contributed by atoms with van der Waals surface area (Å²) in [6.45, 7) is 1.35. The number of hydrogen-bond acceptors (Lipinski definition) is 5. The van der Waals surface area contributed by atoms with Crippen molar-refractivity contribution in [3.8, 4) is 11.6 Å². The van der Waals surface area contributed by atoms with Crippen LogP contribution in [-0.2, 0) is 16.4 Å². The van der Waals surface area contributed by atoms with Crippen molar-refractivity contribution in [3.05, 3.63) is 71.7 Å². The van der Waals surface area contributed by atoms with Crippen LogP contribution in [0.1, 0.15) is 29.7 Å². The molecule has 3 aromatic rings. The Kier molecular flexibility index (Phi) is 5.86. The van der Waals surface area contributed by atoms with E-state index in [9.17, 15) is 22.8 Å². The Morgan fingerprint density at radius 1 is 1.00 bits per heavy atom. The molecule has 176 valence electrons. The molecule has 0 atom stereocenters. The number of hydrogen-bond donors (Lipinski definition) is 3. The first kappa shape index (κ1) is 23.0. The molecular formula is C23H20F3N5O3. The lowest BCUT2D eigenvalue weighted by atomic mass is 10.0. The second kappa shape index (κ2) is 8.65. The van der Waals surface area contributed by atoms with Crippen LogP contribution in [0.25, 0.3) is 0 Å². The third kappa shape index (κ3) is 4.92. The number of alkyl halides is 3. The average molecular weight is 471 g/mol. The summed E-state index contributed by atoms with van der Waals surface area (Å²) in [6.07, 6.45) is -1.97. The number of urea groups is 1. The second-order valence-electron chi connectivity index (χ2n) is 7.92. The van der Waals surface area contributed by atoms with E-state index in [0.29, 0.717) is 30.0 Å². The first-order valence-corrected chi connectivity index (χ1v) is 10.2. The normalized spacial score (nSPS) is 14.2. The average Bonchev–Trinajstić information content (AvgIpc) is 3.58. The van der Waals surface area contributed by atoms with Crippen LogP contribution < -0.4 is 21.1 Å². The first-order chi connectivity index (χ1) is 16.1. The van der Waals surface area contributed by atoms with E-state index >= 15 is 0 Å². The summed E-state index contributed by atoms with van der Waals surface area (Å²) in [5, 5.41) is 4.92. The van der Waals surface area contributed by atoms with E-state index < -0.39 is 29.1 Å². The van der Waals surface area contributed by atoms with Crippen LogP contribution in [0, 0.1) is 6.92 Å². The molecule has 4 rings (SSSR count). The largest absolute Gasteiger partial charge is 0.439 e. The van der Waals surface area contributed by atoms with Gasteiger partial charge in [-0.25, -0.2) is 14.8 Å². The third-order valence-electron chi connectivity index (χ3n) is 5.49. The highest BCUT2D eigenvalue weighted by Crippen LogP contribution is 2.47. The highest BCUT2D eigenvalue weighted by Gasteiger charge is 2.51. The Morgan fingerprint density at radius 2 is 1.65 bits per heavy atom. The molecule has 3 amide bonds. The van der Waals surface area contributed by atoms with Gasteiger partial charge in [0.2, 0.25) is 11.8 Å². The standard InChI is InChI=1S/C23H20F3N5O3/c1-13-2-3-15(10-17(13)23(24,25)26)31-21(33)30-14-4-6-16(7-5-14)34-19-11-18(28-12-29-19)22(8-9-22)20(27)32/h2-7,10-12H,8-9H2,1H3,(H2,27,32)(H2,30,31,33). The Balaban J connectivity index is 1.38. The van der Waals surface area contributed by atoms with Crippen LogP contribution >= 0.6 is 0 Å². The fourth-order valence-electron chi connectivity index (χ4n) is 3.44. The number of aryl methyl sites for hydroxylation is 1. The molecule has 4 N–H and O–H groups in total. The first-order valence-electron chi connectivity index (χ1n) is 10.2. The zero-order chi connectivity index (χ0) is 24.5. The van der Waals surface area contributed by atoms with Crippen LogP contribution in [0.2, 0.25) is 0 Å². The van der Waals surface area contributed by atoms with Gasteiger partial charge >= 0.3 is 12.2 Å². The molecule has 34 heavy (non-hydrogen) atoms. The number of carbonyl (C=O) groups excluding carboxylic acids is 2. The smallest absolute Gasteiger partial charge is 0.416 e. The Bertz CT molecular complexity index is 1240. The van der Waals surface area contributed by atoms with Crippen molar-refractivity contribution in [1.29, 1.82) is 0 Å². The Morgan fingerprint density at radius 3 is 2.26 bits per heavy atom. The molecule has 0 aliphatic heterocycles. The number of benzene rings is 2. The monoisotopic (exact) mass is 471 g/mol. The number of ether oxygens (including phenoxy) is 1.